The highest BCUT2D eigenvalue weighted by molar-refractivity contribution is 5.77. The normalized spacial score (nSPS) is 17.6. The minimum Gasteiger partial charge on any atom is -0.508 e. The molecule has 0 spiro atoms. The lowest BCUT2D eigenvalue weighted by molar-refractivity contribution is 0.287. The van der Waals surface area contributed by atoms with Gasteiger partial charge < -0.3 is 14.6 Å². The van der Waals surface area contributed by atoms with Crippen LogP contribution in [0.1, 0.15) is 5.56 Å². The monoisotopic (exact) mass is 203 g/mol. The van der Waals surface area contributed by atoms with Gasteiger partial charge in [-0.25, -0.2) is 0 Å². The van der Waals surface area contributed by atoms with Crippen molar-refractivity contribution in [2.75, 3.05) is 13.2 Å². The molecule has 0 saturated heterocycles. The molecule has 4 nitrogen and oxygen atoms in total. The van der Waals surface area contributed by atoms with Crippen LogP contribution in [0.5, 0.6) is 11.5 Å². The average molecular weight is 203 g/mol. The summed E-state index contributed by atoms with van der Waals surface area (Å²) >= 11 is 0. The molecule has 1 aromatic carbocycles. The fourth-order valence-corrected chi connectivity index (χ4v) is 1.71. The van der Waals surface area contributed by atoms with Crippen LogP contribution < -0.4 is 4.74 Å². The van der Waals surface area contributed by atoms with Crippen LogP contribution in [0, 0.1) is 0 Å². The van der Waals surface area contributed by atoms with Gasteiger partial charge in [-0.2, -0.15) is 0 Å². The zero-order valence-electron chi connectivity index (χ0n) is 7.93. The van der Waals surface area contributed by atoms with E-state index in [0.29, 0.717) is 13.2 Å². The van der Waals surface area contributed by atoms with Crippen molar-refractivity contribution in [1.29, 1.82) is 0 Å². The predicted octanol–water partition coefficient (Wildman–Crippen LogP) is 1.55. The standard InChI is InChI=1S/C11H9NO3/c13-7-1-2-10-8(5-7)11-9(6-15-10)12-3-4-14-11/h1-3,5,13H,4,6H2. The molecule has 0 aromatic heterocycles. The maximum atomic E-state index is 9.41. The Labute approximate surface area is 86.5 Å². The number of phenolic OH excluding ortho intramolecular Hbond substituents is 1. The summed E-state index contributed by atoms with van der Waals surface area (Å²) in [6.07, 6.45) is 1.70. The highest BCUT2D eigenvalue weighted by Crippen LogP contribution is 2.37. The Hall–Kier alpha value is -1.97. The van der Waals surface area contributed by atoms with Crippen LogP contribution in [-0.2, 0) is 4.74 Å². The second-order valence-electron chi connectivity index (χ2n) is 3.37. The molecule has 0 fully saturated rings. The van der Waals surface area contributed by atoms with Crippen molar-refractivity contribution >= 4 is 12.0 Å². The topological polar surface area (TPSA) is 51.0 Å². The van der Waals surface area contributed by atoms with E-state index in [1.54, 1.807) is 24.4 Å². The van der Waals surface area contributed by atoms with Gasteiger partial charge in [0.1, 0.15) is 30.4 Å². The number of fused-ring (bicyclic) bond motifs is 2. The molecule has 0 unspecified atom stereocenters. The Morgan fingerprint density at radius 1 is 1.27 bits per heavy atom. The number of rotatable bonds is 0. The molecule has 0 atom stereocenters. The van der Waals surface area contributed by atoms with Gasteiger partial charge in [0.2, 0.25) is 0 Å². The molecule has 0 amide bonds. The van der Waals surface area contributed by atoms with Crippen molar-refractivity contribution in [3.63, 3.8) is 0 Å². The minimum absolute atomic E-state index is 0.198. The Morgan fingerprint density at radius 3 is 3.13 bits per heavy atom. The summed E-state index contributed by atoms with van der Waals surface area (Å²) in [6, 6.07) is 4.96. The van der Waals surface area contributed by atoms with E-state index < -0.39 is 0 Å². The third-order valence-corrected chi connectivity index (χ3v) is 2.38. The summed E-state index contributed by atoms with van der Waals surface area (Å²) in [7, 11) is 0. The molecule has 0 bridgehead atoms. The van der Waals surface area contributed by atoms with E-state index in [0.717, 1.165) is 22.8 Å². The Morgan fingerprint density at radius 2 is 2.20 bits per heavy atom. The first-order chi connectivity index (χ1) is 7.34. The third-order valence-electron chi connectivity index (χ3n) is 2.38. The van der Waals surface area contributed by atoms with Crippen LogP contribution in [0.3, 0.4) is 0 Å². The lowest BCUT2D eigenvalue weighted by Gasteiger charge is -2.23. The van der Waals surface area contributed by atoms with E-state index in [-0.39, 0.29) is 5.75 Å². The maximum absolute atomic E-state index is 9.41. The maximum Gasteiger partial charge on any atom is 0.155 e. The van der Waals surface area contributed by atoms with Crippen molar-refractivity contribution in [1.82, 2.24) is 0 Å². The van der Waals surface area contributed by atoms with Crippen LogP contribution in [0.15, 0.2) is 28.9 Å². The van der Waals surface area contributed by atoms with Crippen molar-refractivity contribution in [3.8, 4) is 11.5 Å². The SMILES string of the molecule is Oc1ccc2c(c1)C1=C(CO2)N=CCO1. The van der Waals surface area contributed by atoms with Gasteiger partial charge in [0.05, 0.1) is 5.56 Å². The van der Waals surface area contributed by atoms with Gasteiger partial charge in [-0.15, -0.1) is 0 Å². The van der Waals surface area contributed by atoms with Crippen molar-refractivity contribution in [2.24, 2.45) is 4.99 Å². The average Bonchev–Trinajstić information content (AvgIpc) is 2.29. The molecule has 2 heterocycles. The quantitative estimate of drug-likeness (QED) is 0.696. The van der Waals surface area contributed by atoms with Gasteiger partial charge in [-0.05, 0) is 18.2 Å². The lowest BCUT2D eigenvalue weighted by Crippen LogP contribution is -2.15. The van der Waals surface area contributed by atoms with Crippen LogP contribution in [-0.4, -0.2) is 24.5 Å². The fraction of sp³-hybridized carbons (Fsp3) is 0.182. The van der Waals surface area contributed by atoms with Gasteiger partial charge >= 0.3 is 0 Å². The highest BCUT2D eigenvalue weighted by atomic mass is 16.5. The van der Waals surface area contributed by atoms with E-state index in [2.05, 4.69) is 4.99 Å². The summed E-state index contributed by atoms with van der Waals surface area (Å²) in [6.45, 7) is 0.886. The van der Waals surface area contributed by atoms with E-state index in [1.165, 1.54) is 0 Å². The number of aliphatic imine (C=N–C) groups is 1. The van der Waals surface area contributed by atoms with Gasteiger partial charge in [0.15, 0.2) is 5.76 Å². The Bertz CT molecular complexity index is 477. The first-order valence-corrected chi connectivity index (χ1v) is 4.69. The summed E-state index contributed by atoms with van der Waals surface area (Å²) < 4.78 is 11.0. The Kier molecular flexibility index (Phi) is 1.68. The molecule has 0 radical (unpaired) electrons. The molecule has 1 aromatic rings. The van der Waals surface area contributed by atoms with Crippen LogP contribution in [0.2, 0.25) is 0 Å². The number of hydrogen-bond acceptors (Lipinski definition) is 4. The molecule has 0 saturated carbocycles. The number of hydrogen-bond donors (Lipinski definition) is 1. The predicted molar refractivity (Wildman–Crippen MR) is 55.0 cm³/mol. The van der Waals surface area contributed by atoms with Gasteiger partial charge in [-0.3, -0.25) is 4.99 Å². The van der Waals surface area contributed by atoms with E-state index >= 15 is 0 Å². The number of ether oxygens (including phenoxy) is 2. The molecular weight excluding hydrogens is 194 g/mol. The Balaban J connectivity index is 2.19. The molecule has 3 rings (SSSR count). The van der Waals surface area contributed by atoms with E-state index in [4.69, 9.17) is 9.47 Å². The van der Waals surface area contributed by atoms with Crippen molar-refractivity contribution < 1.29 is 14.6 Å². The molecule has 76 valence electrons. The number of aromatic hydroxyl groups is 1. The van der Waals surface area contributed by atoms with Crippen LogP contribution >= 0.6 is 0 Å². The first-order valence-electron chi connectivity index (χ1n) is 4.69. The van der Waals surface area contributed by atoms with Gasteiger partial charge in [0, 0.05) is 6.21 Å². The van der Waals surface area contributed by atoms with E-state index in [1.807, 2.05) is 0 Å². The third kappa shape index (κ3) is 1.26. The first kappa shape index (κ1) is 8.35. The van der Waals surface area contributed by atoms with Crippen LogP contribution in [0.25, 0.3) is 5.76 Å². The molecule has 0 aliphatic carbocycles. The highest BCUT2D eigenvalue weighted by Gasteiger charge is 2.23. The van der Waals surface area contributed by atoms with Crippen molar-refractivity contribution in [2.45, 2.75) is 0 Å². The summed E-state index contributed by atoms with van der Waals surface area (Å²) in [5, 5.41) is 9.41. The smallest absolute Gasteiger partial charge is 0.155 e. The van der Waals surface area contributed by atoms with Crippen LogP contribution in [0.4, 0.5) is 0 Å². The minimum atomic E-state index is 0.198. The number of nitrogens with zero attached hydrogens (tertiary/aromatic N) is 1. The van der Waals surface area contributed by atoms with Crippen molar-refractivity contribution in [3.05, 3.63) is 29.5 Å². The van der Waals surface area contributed by atoms with Gasteiger partial charge in [0.25, 0.3) is 0 Å². The number of phenols is 1. The zero-order chi connectivity index (χ0) is 10.3. The molecular formula is C11H9NO3. The molecule has 2 aliphatic rings. The molecule has 1 N–H and O–H groups in total. The summed E-state index contributed by atoms with van der Waals surface area (Å²) in [4.78, 5) is 4.20. The second kappa shape index (κ2) is 3.02. The van der Waals surface area contributed by atoms with Gasteiger partial charge in [-0.1, -0.05) is 0 Å². The molecule has 2 aliphatic heterocycles. The molecule has 4 heteroatoms. The summed E-state index contributed by atoms with van der Waals surface area (Å²) in [5.41, 5.74) is 1.55. The largest absolute Gasteiger partial charge is 0.508 e. The second-order valence-corrected chi connectivity index (χ2v) is 3.37. The zero-order valence-corrected chi connectivity index (χ0v) is 7.93. The fourth-order valence-electron chi connectivity index (χ4n) is 1.71. The number of benzene rings is 1. The summed E-state index contributed by atoms with van der Waals surface area (Å²) in [5.74, 6) is 1.64. The van der Waals surface area contributed by atoms with E-state index in [9.17, 15) is 5.11 Å². The lowest BCUT2D eigenvalue weighted by atomic mass is 10.1. The molecule has 15 heavy (non-hydrogen) atoms.